The number of nitrogens with one attached hydrogen (secondary N) is 1. The summed E-state index contributed by atoms with van der Waals surface area (Å²) in [5.41, 5.74) is 4.28. The van der Waals surface area contributed by atoms with Crippen molar-refractivity contribution < 1.29 is 24.2 Å². The standard InChI is InChI=1S/C28H25N3O5/c1-15-8-9-18(12-16(15)2)25(32)23-24(17-6-5-7-19(13-17)35-3)31(27(34)26(23)33)28-29-21-11-10-20(36-4)14-22(21)30-28/h5-14,24,32H,1-4H3,(H,29,30)/b25-23+. The molecule has 1 aromatic heterocycles. The highest BCUT2D eigenvalue weighted by Gasteiger charge is 2.48. The molecule has 1 aliphatic rings. The molecule has 1 unspecified atom stereocenters. The van der Waals surface area contributed by atoms with Crippen LogP contribution in [-0.4, -0.2) is 41.0 Å². The second-order valence-corrected chi connectivity index (χ2v) is 8.69. The molecule has 0 spiro atoms. The van der Waals surface area contributed by atoms with Crippen LogP contribution in [0.2, 0.25) is 0 Å². The summed E-state index contributed by atoms with van der Waals surface area (Å²) in [5.74, 6) is -0.467. The van der Waals surface area contributed by atoms with E-state index in [1.807, 2.05) is 19.9 Å². The first-order chi connectivity index (χ1) is 17.3. The Balaban J connectivity index is 1.73. The Morgan fingerprint density at radius 2 is 1.69 bits per heavy atom. The quantitative estimate of drug-likeness (QED) is 0.240. The number of anilines is 1. The van der Waals surface area contributed by atoms with Crippen molar-refractivity contribution in [1.29, 1.82) is 0 Å². The Labute approximate surface area is 207 Å². The lowest BCUT2D eigenvalue weighted by Crippen LogP contribution is -2.30. The number of fused-ring (bicyclic) bond motifs is 1. The minimum absolute atomic E-state index is 0.0189. The predicted molar refractivity (Wildman–Crippen MR) is 136 cm³/mol. The van der Waals surface area contributed by atoms with E-state index < -0.39 is 17.7 Å². The summed E-state index contributed by atoms with van der Waals surface area (Å²) in [6.45, 7) is 3.89. The topological polar surface area (TPSA) is 105 Å². The van der Waals surface area contributed by atoms with Gasteiger partial charge in [0.25, 0.3) is 5.78 Å². The highest BCUT2D eigenvalue weighted by molar-refractivity contribution is 6.51. The Kier molecular flexibility index (Phi) is 5.72. The number of rotatable bonds is 5. The molecule has 8 nitrogen and oxygen atoms in total. The summed E-state index contributed by atoms with van der Waals surface area (Å²) < 4.78 is 10.7. The molecule has 0 saturated carbocycles. The molecule has 1 atom stereocenters. The average molecular weight is 484 g/mol. The van der Waals surface area contributed by atoms with Gasteiger partial charge in [-0.15, -0.1) is 0 Å². The first-order valence-corrected chi connectivity index (χ1v) is 11.4. The van der Waals surface area contributed by atoms with Gasteiger partial charge in [0, 0.05) is 11.6 Å². The number of H-pyrrole nitrogens is 1. The van der Waals surface area contributed by atoms with E-state index in [-0.39, 0.29) is 17.3 Å². The average Bonchev–Trinajstić information content (AvgIpc) is 3.42. The minimum atomic E-state index is -0.927. The number of aromatic amines is 1. The number of methoxy groups -OCH3 is 2. The monoisotopic (exact) mass is 483 g/mol. The Bertz CT molecular complexity index is 1550. The van der Waals surface area contributed by atoms with Gasteiger partial charge in [-0.3, -0.25) is 14.5 Å². The molecule has 2 N–H and O–H groups in total. The Morgan fingerprint density at radius 3 is 2.42 bits per heavy atom. The zero-order valence-corrected chi connectivity index (χ0v) is 20.3. The van der Waals surface area contributed by atoms with Gasteiger partial charge in [0.2, 0.25) is 5.95 Å². The molecule has 1 amide bonds. The number of aryl methyl sites for hydroxylation is 2. The first-order valence-electron chi connectivity index (χ1n) is 11.4. The van der Waals surface area contributed by atoms with E-state index in [2.05, 4.69) is 9.97 Å². The number of aliphatic hydroxyl groups is 1. The second kappa shape index (κ2) is 8.88. The highest BCUT2D eigenvalue weighted by atomic mass is 16.5. The molecule has 0 bridgehead atoms. The number of Topliss-reactive ketones (excluding diaryl/α,β-unsaturated/α-hetero) is 1. The fraction of sp³-hybridized carbons (Fsp3) is 0.179. The van der Waals surface area contributed by atoms with Crippen molar-refractivity contribution in [2.75, 3.05) is 19.1 Å². The summed E-state index contributed by atoms with van der Waals surface area (Å²) in [6, 6.07) is 16.8. The van der Waals surface area contributed by atoms with E-state index in [9.17, 15) is 14.7 Å². The molecule has 0 radical (unpaired) electrons. The molecule has 0 aliphatic carbocycles. The van der Waals surface area contributed by atoms with Crippen LogP contribution in [0.15, 0.2) is 66.2 Å². The number of ether oxygens (including phenoxy) is 2. The van der Waals surface area contributed by atoms with Gasteiger partial charge in [-0.2, -0.15) is 0 Å². The maximum absolute atomic E-state index is 13.4. The number of imidazole rings is 1. The van der Waals surface area contributed by atoms with Crippen LogP contribution in [0.4, 0.5) is 5.95 Å². The van der Waals surface area contributed by atoms with Crippen molar-refractivity contribution in [3.05, 3.63) is 88.5 Å². The van der Waals surface area contributed by atoms with Crippen LogP contribution in [0.25, 0.3) is 16.8 Å². The van der Waals surface area contributed by atoms with Crippen LogP contribution in [0.3, 0.4) is 0 Å². The molecule has 5 rings (SSSR count). The van der Waals surface area contributed by atoms with Gasteiger partial charge in [0.15, 0.2) is 0 Å². The molecule has 4 aromatic rings. The SMILES string of the molecule is COc1cccc(C2/C(=C(\O)c3ccc(C)c(C)c3)C(=O)C(=O)N2c2nc3ccc(OC)cc3[nH]2)c1. The Hall–Kier alpha value is -4.59. The van der Waals surface area contributed by atoms with Crippen LogP contribution in [-0.2, 0) is 9.59 Å². The number of carbonyl (C=O) groups is 2. The summed E-state index contributed by atoms with van der Waals surface area (Å²) >= 11 is 0. The molecule has 1 aliphatic heterocycles. The van der Waals surface area contributed by atoms with Gasteiger partial charge < -0.3 is 19.6 Å². The summed E-state index contributed by atoms with van der Waals surface area (Å²) in [5, 5.41) is 11.4. The number of hydrogen-bond acceptors (Lipinski definition) is 6. The highest BCUT2D eigenvalue weighted by Crippen LogP contribution is 2.42. The van der Waals surface area contributed by atoms with Gasteiger partial charge >= 0.3 is 5.91 Å². The zero-order valence-electron chi connectivity index (χ0n) is 20.3. The number of nitrogens with zero attached hydrogens (tertiary/aromatic N) is 2. The van der Waals surface area contributed by atoms with E-state index in [4.69, 9.17) is 9.47 Å². The number of aromatic nitrogens is 2. The van der Waals surface area contributed by atoms with Crippen molar-refractivity contribution in [3.63, 3.8) is 0 Å². The van der Waals surface area contributed by atoms with E-state index in [1.54, 1.807) is 61.7 Å². The normalized spacial score (nSPS) is 17.1. The summed E-state index contributed by atoms with van der Waals surface area (Å²) in [4.78, 5) is 35.8. The van der Waals surface area contributed by atoms with Crippen LogP contribution in [0.1, 0.15) is 28.3 Å². The van der Waals surface area contributed by atoms with Crippen LogP contribution in [0, 0.1) is 13.8 Å². The predicted octanol–water partition coefficient (Wildman–Crippen LogP) is 4.82. The summed E-state index contributed by atoms with van der Waals surface area (Å²) in [7, 11) is 3.10. The van der Waals surface area contributed by atoms with Gasteiger partial charge in [-0.1, -0.05) is 24.3 Å². The van der Waals surface area contributed by atoms with Crippen molar-refractivity contribution in [2.24, 2.45) is 0 Å². The second-order valence-electron chi connectivity index (χ2n) is 8.69. The molecule has 8 heteroatoms. The van der Waals surface area contributed by atoms with Crippen LogP contribution >= 0.6 is 0 Å². The maximum Gasteiger partial charge on any atom is 0.302 e. The lowest BCUT2D eigenvalue weighted by atomic mass is 9.94. The lowest BCUT2D eigenvalue weighted by molar-refractivity contribution is -0.132. The summed E-state index contributed by atoms with van der Waals surface area (Å²) in [6.07, 6.45) is 0. The van der Waals surface area contributed by atoms with Gasteiger partial charge in [0.1, 0.15) is 17.3 Å². The number of ketones is 1. The minimum Gasteiger partial charge on any atom is -0.507 e. The van der Waals surface area contributed by atoms with E-state index in [0.29, 0.717) is 33.7 Å². The van der Waals surface area contributed by atoms with Gasteiger partial charge in [-0.25, -0.2) is 4.98 Å². The largest absolute Gasteiger partial charge is 0.507 e. The van der Waals surface area contributed by atoms with Crippen LogP contribution in [0.5, 0.6) is 11.5 Å². The number of aliphatic hydroxyl groups excluding tert-OH is 1. The third kappa shape index (κ3) is 3.76. The van der Waals surface area contributed by atoms with Gasteiger partial charge in [0.05, 0.1) is 36.9 Å². The van der Waals surface area contributed by atoms with E-state index in [0.717, 1.165) is 11.1 Å². The molecular formula is C28H25N3O5. The fourth-order valence-corrected chi connectivity index (χ4v) is 4.44. The van der Waals surface area contributed by atoms with Crippen molar-refractivity contribution in [2.45, 2.75) is 19.9 Å². The van der Waals surface area contributed by atoms with E-state index in [1.165, 1.54) is 12.0 Å². The zero-order chi connectivity index (χ0) is 25.6. The fourth-order valence-electron chi connectivity index (χ4n) is 4.44. The number of hydrogen-bond donors (Lipinski definition) is 2. The third-order valence-corrected chi connectivity index (χ3v) is 6.54. The lowest BCUT2D eigenvalue weighted by Gasteiger charge is -2.23. The number of amides is 1. The first kappa shape index (κ1) is 23.2. The molecule has 1 fully saturated rings. The molecule has 182 valence electrons. The molecule has 3 aromatic carbocycles. The Morgan fingerprint density at radius 1 is 0.944 bits per heavy atom. The molecule has 2 heterocycles. The van der Waals surface area contributed by atoms with Crippen molar-refractivity contribution in [3.8, 4) is 11.5 Å². The molecule has 1 saturated heterocycles. The number of benzene rings is 3. The van der Waals surface area contributed by atoms with Crippen molar-refractivity contribution >= 4 is 34.4 Å². The van der Waals surface area contributed by atoms with Crippen molar-refractivity contribution in [1.82, 2.24) is 9.97 Å². The molecule has 36 heavy (non-hydrogen) atoms. The van der Waals surface area contributed by atoms with E-state index >= 15 is 0 Å². The number of carbonyl (C=O) groups excluding carboxylic acids is 2. The van der Waals surface area contributed by atoms with Gasteiger partial charge in [-0.05, 0) is 60.9 Å². The van der Waals surface area contributed by atoms with Crippen LogP contribution < -0.4 is 14.4 Å². The molecular weight excluding hydrogens is 458 g/mol. The smallest absolute Gasteiger partial charge is 0.302 e. The maximum atomic E-state index is 13.4. The third-order valence-electron chi connectivity index (χ3n) is 6.54.